The van der Waals surface area contributed by atoms with Gasteiger partial charge in [-0.05, 0) is 25.0 Å². The Kier molecular flexibility index (Phi) is 5.17. The first kappa shape index (κ1) is 14.0. The molecule has 0 aliphatic heterocycles. The maximum Gasteiger partial charge on any atom is 0.328 e. The Morgan fingerprint density at radius 1 is 1.39 bits per heavy atom. The fourth-order valence-corrected chi connectivity index (χ4v) is 1.56. The van der Waals surface area contributed by atoms with E-state index in [-0.39, 0.29) is 12.3 Å². The summed E-state index contributed by atoms with van der Waals surface area (Å²) in [6.45, 7) is 1.58. The predicted octanol–water partition coefficient (Wildman–Crippen LogP) is 0.879. The summed E-state index contributed by atoms with van der Waals surface area (Å²) in [5.74, 6) is -0.654. The zero-order valence-electron chi connectivity index (χ0n) is 10.6. The van der Waals surface area contributed by atoms with Crippen LogP contribution in [0.25, 0.3) is 0 Å². The standard InChI is InChI=1S/C13H18N2O3/c1-9(13(17)18-2)15-12(16)8-7-10-5-3-4-6-11(10)14/h3-6,9H,7-8,14H2,1-2H3,(H,15,16)/t9-/m1/s1. The van der Waals surface area contributed by atoms with Gasteiger partial charge in [0.05, 0.1) is 7.11 Å². The Balaban J connectivity index is 2.43. The molecule has 0 saturated carbocycles. The van der Waals surface area contributed by atoms with Crippen molar-refractivity contribution in [3.05, 3.63) is 29.8 Å². The molecular formula is C13H18N2O3. The number of anilines is 1. The van der Waals surface area contributed by atoms with Crippen molar-refractivity contribution < 1.29 is 14.3 Å². The number of hydrogen-bond acceptors (Lipinski definition) is 4. The van der Waals surface area contributed by atoms with Gasteiger partial charge in [0, 0.05) is 12.1 Å². The van der Waals surface area contributed by atoms with E-state index in [4.69, 9.17) is 5.73 Å². The minimum Gasteiger partial charge on any atom is -0.467 e. The number of para-hydroxylation sites is 1. The zero-order chi connectivity index (χ0) is 13.5. The van der Waals surface area contributed by atoms with E-state index in [0.29, 0.717) is 12.1 Å². The van der Waals surface area contributed by atoms with Crippen molar-refractivity contribution in [2.75, 3.05) is 12.8 Å². The summed E-state index contributed by atoms with van der Waals surface area (Å²) in [7, 11) is 1.29. The van der Waals surface area contributed by atoms with E-state index >= 15 is 0 Å². The maximum atomic E-state index is 11.6. The largest absolute Gasteiger partial charge is 0.467 e. The van der Waals surface area contributed by atoms with Crippen molar-refractivity contribution >= 4 is 17.6 Å². The van der Waals surface area contributed by atoms with Crippen LogP contribution in [0.15, 0.2) is 24.3 Å². The molecule has 0 spiro atoms. The summed E-state index contributed by atoms with van der Waals surface area (Å²) >= 11 is 0. The number of amides is 1. The Morgan fingerprint density at radius 3 is 2.67 bits per heavy atom. The van der Waals surface area contributed by atoms with Gasteiger partial charge in [0.2, 0.25) is 5.91 Å². The van der Waals surface area contributed by atoms with Crippen LogP contribution >= 0.6 is 0 Å². The molecule has 0 aromatic heterocycles. The molecule has 5 heteroatoms. The number of ether oxygens (including phenoxy) is 1. The van der Waals surface area contributed by atoms with Crippen LogP contribution in [0.2, 0.25) is 0 Å². The predicted molar refractivity (Wildman–Crippen MR) is 68.8 cm³/mol. The highest BCUT2D eigenvalue weighted by Gasteiger charge is 2.15. The third-order valence-corrected chi connectivity index (χ3v) is 2.61. The van der Waals surface area contributed by atoms with Gasteiger partial charge in [-0.25, -0.2) is 4.79 Å². The van der Waals surface area contributed by atoms with E-state index in [0.717, 1.165) is 5.56 Å². The first-order chi connectivity index (χ1) is 8.54. The fourth-order valence-electron chi connectivity index (χ4n) is 1.56. The molecule has 5 nitrogen and oxygen atoms in total. The normalized spacial score (nSPS) is 11.7. The lowest BCUT2D eigenvalue weighted by Crippen LogP contribution is -2.39. The van der Waals surface area contributed by atoms with Gasteiger partial charge in [-0.2, -0.15) is 0 Å². The first-order valence-electron chi connectivity index (χ1n) is 5.75. The van der Waals surface area contributed by atoms with Crippen LogP contribution in [0.1, 0.15) is 18.9 Å². The highest BCUT2D eigenvalue weighted by molar-refractivity contribution is 5.84. The maximum absolute atomic E-state index is 11.6. The molecule has 1 aromatic carbocycles. The second kappa shape index (κ2) is 6.64. The molecule has 3 N–H and O–H groups in total. The highest BCUT2D eigenvalue weighted by atomic mass is 16.5. The minimum atomic E-state index is -0.629. The molecule has 18 heavy (non-hydrogen) atoms. The lowest BCUT2D eigenvalue weighted by molar-refractivity contribution is -0.144. The van der Waals surface area contributed by atoms with Crippen LogP contribution in [0.5, 0.6) is 0 Å². The van der Waals surface area contributed by atoms with Gasteiger partial charge >= 0.3 is 5.97 Å². The third-order valence-electron chi connectivity index (χ3n) is 2.61. The second-order valence-electron chi connectivity index (χ2n) is 4.01. The number of nitrogens with one attached hydrogen (secondary N) is 1. The van der Waals surface area contributed by atoms with Gasteiger partial charge in [-0.1, -0.05) is 18.2 Å². The molecule has 1 rings (SSSR count). The Labute approximate surface area is 106 Å². The summed E-state index contributed by atoms with van der Waals surface area (Å²) in [5.41, 5.74) is 7.37. The number of aryl methyl sites for hydroxylation is 1. The molecule has 1 atom stereocenters. The van der Waals surface area contributed by atoms with E-state index in [1.807, 2.05) is 18.2 Å². The van der Waals surface area contributed by atoms with E-state index in [1.165, 1.54) is 7.11 Å². The lowest BCUT2D eigenvalue weighted by atomic mass is 10.1. The molecular weight excluding hydrogens is 232 g/mol. The van der Waals surface area contributed by atoms with Crippen LogP contribution in [0, 0.1) is 0 Å². The van der Waals surface area contributed by atoms with Crippen molar-refractivity contribution in [3.63, 3.8) is 0 Å². The van der Waals surface area contributed by atoms with Crippen LogP contribution in [0.4, 0.5) is 5.69 Å². The number of carbonyl (C=O) groups is 2. The molecule has 0 radical (unpaired) electrons. The molecule has 0 aliphatic rings. The summed E-state index contributed by atoms with van der Waals surface area (Å²) in [6, 6.07) is 6.77. The van der Waals surface area contributed by atoms with Crippen molar-refractivity contribution in [1.29, 1.82) is 0 Å². The number of esters is 1. The molecule has 0 aliphatic carbocycles. The monoisotopic (exact) mass is 250 g/mol. The smallest absolute Gasteiger partial charge is 0.328 e. The van der Waals surface area contributed by atoms with Gasteiger partial charge < -0.3 is 15.8 Å². The highest BCUT2D eigenvalue weighted by Crippen LogP contribution is 2.12. The van der Waals surface area contributed by atoms with Gasteiger partial charge in [0.25, 0.3) is 0 Å². The summed E-state index contributed by atoms with van der Waals surface area (Å²) in [6.07, 6.45) is 0.835. The summed E-state index contributed by atoms with van der Waals surface area (Å²) in [5, 5.41) is 2.57. The minimum absolute atomic E-state index is 0.198. The Morgan fingerprint density at radius 2 is 2.06 bits per heavy atom. The van der Waals surface area contributed by atoms with Crippen molar-refractivity contribution in [2.24, 2.45) is 0 Å². The van der Waals surface area contributed by atoms with Crippen LogP contribution in [0.3, 0.4) is 0 Å². The Bertz CT molecular complexity index is 432. The van der Waals surface area contributed by atoms with Crippen LogP contribution in [-0.2, 0) is 20.7 Å². The molecule has 0 fully saturated rings. The molecule has 0 unspecified atom stereocenters. The number of carbonyl (C=O) groups excluding carboxylic acids is 2. The quantitative estimate of drug-likeness (QED) is 0.600. The van der Waals surface area contributed by atoms with E-state index in [1.54, 1.807) is 13.0 Å². The van der Waals surface area contributed by atoms with Crippen molar-refractivity contribution in [1.82, 2.24) is 5.32 Å². The summed E-state index contributed by atoms with van der Waals surface area (Å²) in [4.78, 5) is 22.7. The first-order valence-corrected chi connectivity index (χ1v) is 5.75. The molecule has 98 valence electrons. The van der Waals surface area contributed by atoms with E-state index in [9.17, 15) is 9.59 Å². The van der Waals surface area contributed by atoms with Gasteiger partial charge in [0.15, 0.2) is 0 Å². The topological polar surface area (TPSA) is 81.4 Å². The second-order valence-corrected chi connectivity index (χ2v) is 4.01. The average molecular weight is 250 g/mol. The zero-order valence-corrected chi connectivity index (χ0v) is 10.6. The molecule has 0 heterocycles. The van der Waals surface area contributed by atoms with Crippen molar-refractivity contribution in [2.45, 2.75) is 25.8 Å². The fraction of sp³-hybridized carbons (Fsp3) is 0.385. The van der Waals surface area contributed by atoms with Crippen LogP contribution in [-0.4, -0.2) is 25.0 Å². The Hall–Kier alpha value is -2.04. The van der Waals surface area contributed by atoms with Gasteiger partial charge in [-0.3, -0.25) is 4.79 Å². The molecule has 0 bridgehead atoms. The van der Waals surface area contributed by atoms with Crippen LogP contribution < -0.4 is 11.1 Å². The summed E-state index contributed by atoms with van der Waals surface area (Å²) < 4.78 is 4.52. The third kappa shape index (κ3) is 4.08. The average Bonchev–Trinajstić information content (AvgIpc) is 2.36. The molecule has 0 saturated heterocycles. The SMILES string of the molecule is COC(=O)[C@@H](C)NC(=O)CCc1ccccc1N. The molecule has 1 amide bonds. The van der Waals surface area contributed by atoms with E-state index in [2.05, 4.69) is 10.1 Å². The van der Waals surface area contributed by atoms with Gasteiger partial charge in [0.1, 0.15) is 6.04 Å². The van der Waals surface area contributed by atoms with E-state index < -0.39 is 12.0 Å². The number of hydrogen-bond donors (Lipinski definition) is 2. The number of benzene rings is 1. The van der Waals surface area contributed by atoms with Crippen molar-refractivity contribution in [3.8, 4) is 0 Å². The number of nitrogens with two attached hydrogens (primary N) is 1. The lowest BCUT2D eigenvalue weighted by Gasteiger charge is -2.11. The number of methoxy groups -OCH3 is 1. The van der Waals surface area contributed by atoms with Gasteiger partial charge in [-0.15, -0.1) is 0 Å². The molecule has 1 aromatic rings. The number of rotatable bonds is 5. The number of nitrogen functional groups attached to an aromatic ring is 1.